The molecule has 4 nitrogen and oxygen atoms in total. The Morgan fingerprint density at radius 2 is 0.795 bits per heavy atom. The van der Waals surface area contributed by atoms with Gasteiger partial charge in [0, 0.05) is 41.4 Å². The van der Waals surface area contributed by atoms with Crippen molar-refractivity contribution in [2.75, 3.05) is 10.6 Å². The van der Waals surface area contributed by atoms with Crippen molar-refractivity contribution in [1.29, 1.82) is 0 Å². The molecule has 7 aromatic rings. The second kappa shape index (κ2) is 29.6. The maximum atomic E-state index is 5.22. The molecule has 2 unspecified atom stereocenters. The third kappa shape index (κ3) is 14.8. The number of hydrogen-bond donors (Lipinski definition) is 2. The van der Waals surface area contributed by atoms with E-state index in [1.54, 1.807) is 0 Å². The van der Waals surface area contributed by atoms with Gasteiger partial charge in [-0.1, -0.05) is 208 Å². The van der Waals surface area contributed by atoms with Crippen molar-refractivity contribution in [3.05, 3.63) is 55.9 Å². The predicted molar refractivity (Wildman–Crippen MR) is 333 cm³/mol. The zero-order valence-corrected chi connectivity index (χ0v) is 50.3. The van der Waals surface area contributed by atoms with E-state index in [4.69, 9.17) is 8.75 Å². The van der Waals surface area contributed by atoms with Crippen molar-refractivity contribution in [3.63, 3.8) is 0 Å². The molecule has 6 heterocycles. The fourth-order valence-electron chi connectivity index (χ4n) is 11.7. The number of unbranched alkanes of at least 4 members (excludes halogenated alkanes) is 20. The minimum Gasteiger partial charge on any atom is -0.351 e. The van der Waals surface area contributed by atoms with Crippen LogP contribution < -0.4 is 10.6 Å². The van der Waals surface area contributed by atoms with Gasteiger partial charge in [-0.05, 0) is 96.5 Å². The topological polar surface area (TPSA) is 49.8 Å². The van der Waals surface area contributed by atoms with Crippen LogP contribution in [0.25, 0.3) is 52.1 Å². The maximum Gasteiger partial charge on any atom is 0.116 e. The third-order valence-corrected chi connectivity index (χ3v) is 21.3. The van der Waals surface area contributed by atoms with Crippen LogP contribution in [0.4, 0.5) is 22.7 Å². The lowest BCUT2D eigenvalue weighted by Crippen LogP contribution is -2.10. The van der Waals surface area contributed by atoms with E-state index in [2.05, 4.69) is 110 Å². The molecular weight excluding hydrogens is 985 g/mol. The lowest BCUT2D eigenvalue weighted by atomic mass is 9.94. The number of benzene rings is 2. The van der Waals surface area contributed by atoms with E-state index in [0.717, 1.165) is 35.7 Å². The van der Waals surface area contributed by atoms with E-state index in [-0.39, 0.29) is 0 Å². The summed E-state index contributed by atoms with van der Waals surface area (Å²) in [5, 5.41) is 16.3. The Morgan fingerprint density at radius 1 is 0.425 bits per heavy atom. The summed E-state index contributed by atoms with van der Waals surface area (Å²) in [5.74, 6) is 1.45. The summed E-state index contributed by atoms with van der Waals surface area (Å²) >= 11 is 9.34. The van der Waals surface area contributed by atoms with Crippen LogP contribution in [-0.4, -0.2) is 8.75 Å². The average Bonchev–Trinajstić information content (AvgIpc) is 4.29. The van der Waals surface area contributed by atoms with Gasteiger partial charge in [0.1, 0.15) is 11.0 Å². The molecule has 0 saturated carbocycles. The van der Waals surface area contributed by atoms with E-state index in [1.165, 1.54) is 289 Å². The predicted octanol–water partition coefficient (Wildman–Crippen LogP) is 23.8. The average molecular weight is 1080 g/mol. The summed E-state index contributed by atoms with van der Waals surface area (Å²) in [4.78, 5) is 5.67. The van der Waals surface area contributed by atoms with Gasteiger partial charge in [-0.2, -0.15) is 8.75 Å². The fraction of sp³-hybridized carbons (Fsp3) is 0.625. The Morgan fingerprint density at radius 3 is 1.16 bits per heavy atom. The molecule has 0 radical (unpaired) electrons. The van der Waals surface area contributed by atoms with E-state index in [0.29, 0.717) is 0 Å². The molecule has 398 valence electrons. The van der Waals surface area contributed by atoms with Crippen LogP contribution in [0.1, 0.15) is 242 Å². The van der Waals surface area contributed by atoms with Crippen LogP contribution in [0.5, 0.6) is 0 Å². The van der Waals surface area contributed by atoms with Crippen molar-refractivity contribution < 1.29 is 0 Å². The number of aromatic nitrogens is 2. The Balaban J connectivity index is 1.14. The fourth-order valence-corrected chi connectivity index (χ4v) is 16.9. The summed E-state index contributed by atoms with van der Waals surface area (Å²) in [6.45, 7) is 14.1. The van der Waals surface area contributed by atoms with Crippen LogP contribution in [0.2, 0.25) is 0 Å². The number of nitrogens with zero attached hydrogens (tertiary/aromatic N) is 2. The van der Waals surface area contributed by atoms with Gasteiger partial charge in [-0.15, -0.1) is 45.3 Å². The largest absolute Gasteiger partial charge is 0.351 e. The van der Waals surface area contributed by atoms with Crippen LogP contribution in [-0.2, 0) is 25.7 Å². The quantitative estimate of drug-likeness (QED) is 0.0384. The molecular formula is C64H92N4S5. The molecule has 2 aromatic carbocycles. The number of aryl methyl sites for hydroxylation is 2. The molecule has 2 atom stereocenters. The third-order valence-electron chi connectivity index (χ3n) is 16.3. The van der Waals surface area contributed by atoms with Gasteiger partial charge in [0.2, 0.25) is 0 Å². The van der Waals surface area contributed by atoms with E-state index >= 15 is 0 Å². The number of rotatable bonds is 36. The lowest BCUT2D eigenvalue weighted by Gasteiger charge is -2.28. The van der Waals surface area contributed by atoms with Crippen molar-refractivity contribution in [2.45, 2.75) is 247 Å². The lowest BCUT2D eigenvalue weighted by molar-refractivity contribution is 0.452. The Bertz CT molecular complexity index is 2550. The summed E-state index contributed by atoms with van der Waals surface area (Å²) < 4.78 is 13.4. The minimum atomic E-state index is 0.725. The molecule has 0 bridgehead atoms. The number of thiophene rings is 4. The molecule has 5 aromatic heterocycles. The molecule has 0 amide bonds. The highest BCUT2D eigenvalue weighted by Gasteiger charge is 2.33. The standard InChI is InChI=1S/C64H92N4S5/c1-7-13-17-19-21-23-25-27-29-31-35-47-39-53(69-43-47)55-59-60(56(62-61(55)67-73-68-62)54-40-48(44-70-54)36-32-30-28-26-24-22-20-18-14-8-2)66-58-52-42-50(38-46(12-6)34-16-10-4)72-64(52)63-51(57(58)65-59)41-49(71-63)37-45(11-5)33-15-9-3/h39-46,65-66H,7-38H2,1-6H3. The van der Waals surface area contributed by atoms with Crippen molar-refractivity contribution in [2.24, 2.45) is 11.8 Å². The number of fused-ring (bicyclic) bond motifs is 8. The summed E-state index contributed by atoms with van der Waals surface area (Å²) in [5.41, 5.74) is 12.2. The van der Waals surface area contributed by atoms with Crippen molar-refractivity contribution in [3.8, 4) is 20.9 Å². The van der Waals surface area contributed by atoms with E-state index < -0.39 is 0 Å². The first-order valence-corrected chi connectivity index (χ1v) is 34.1. The van der Waals surface area contributed by atoms with Gasteiger partial charge in [0.25, 0.3) is 0 Å². The van der Waals surface area contributed by atoms with Gasteiger partial charge in [-0.3, -0.25) is 0 Å². The van der Waals surface area contributed by atoms with E-state index in [9.17, 15) is 0 Å². The Hall–Kier alpha value is -2.82. The van der Waals surface area contributed by atoms with Crippen molar-refractivity contribution >= 4 is 111 Å². The highest BCUT2D eigenvalue weighted by atomic mass is 32.1. The van der Waals surface area contributed by atoms with Crippen LogP contribution in [0.3, 0.4) is 0 Å². The molecule has 0 saturated heterocycles. The molecule has 8 rings (SSSR count). The highest BCUT2D eigenvalue weighted by molar-refractivity contribution is 7.27. The Labute approximate surface area is 462 Å². The van der Waals surface area contributed by atoms with Gasteiger partial charge < -0.3 is 10.6 Å². The van der Waals surface area contributed by atoms with Gasteiger partial charge in [0.15, 0.2) is 0 Å². The molecule has 1 aliphatic rings. The van der Waals surface area contributed by atoms with Crippen LogP contribution in [0, 0.1) is 11.8 Å². The van der Waals surface area contributed by atoms with Gasteiger partial charge in [-0.25, -0.2) is 0 Å². The highest BCUT2D eigenvalue weighted by Crippen LogP contribution is 2.58. The number of nitrogens with one attached hydrogen (secondary N) is 2. The molecule has 9 heteroatoms. The normalized spacial score (nSPS) is 13.3. The van der Waals surface area contributed by atoms with Gasteiger partial charge >= 0.3 is 0 Å². The molecule has 1 aliphatic heterocycles. The van der Waals surface area contributed by atoms with Crippen LogP contribution in [0.15, 0.2) is 35.0 Å². The van der Waals surface area contributed by atoms with Crippen LogP contribution >= 0.6 is 57.1 Å². The van der Waals surface area contributed by atoms with E-state index in [1.807, 2.05) is 22.7 Å². The monoisotopic (exact) mass is 1080 g/mol. The molecule has 0 aliphatic carbocycles. The second-order valence-electron chi connectivity index (χ2n) is 22.1. The first kappa shape index (κ1) is 56.4. The summed E-state index contributed by atoms with van der Waals surface area (Å²) in [6.07, 6.45) is 42.3. The molecule has 0 fully saturated rings. The molecule has 73 heavy (non-hydrogen) atoms. The number of hydrogen-bond acceptors (Lipinski definition) is 9. The summed E-state index contributed by atoms with van der Waals surface area (Å²) in [7, 11) is 0. The minimum absolute atomic E-state index is 0.725. The maximum absolute atomic E-state index is 5.22. The molecule has 2 N–H and O–H groups in total. The zero-order valence-electron chi connectivity index (χ0n) is 46.2. The van der Waals surface area contributed by atoms with Gasteiger partial charge in [0.05, 0.1) is 43.9 Å². The summed E-state index contributed by atoms with van der Waals surface area (Å²) in [6, 6.07) is 10.2. The first-order valence-electron chi connectivity index (χ1n) is 30.0. The Kier molecular flexibility index (Phi) is 22.9. The van der Waals surface area contributed by atoms with Crippen molar-refractivity contribution in [1.82, 2.24) is 8.75 Å². The number of anilines is 4. The zero-order chi connectivity index (χ0) is 50.8. The molecule has 0 spiro atoms. The second-order valence-corrected chi connectivity index (χ2v) is 26.7. The smallest absolute Gasteiger partial charge is 0.116 e. The first-order chi connectivity index (χ1) is 36.0. The SMILES string of the molecule is CCCCCCCCCCCCc1csc(-c2c3c(c(-c4cc(CCCCCCCCCCCC)cs4)c4nsnc24)Nc2c(c4cc(CC(CC)CCCC)sc4c4sc(CC(CC)CCCC)cc24)N3)c1.